The fourth-order valence-electron chi connectivity index (χ4n) is 3.15. The van der Waals surface area contributed by atoms with Gasteiger partial charge in [0.15, 0.2) is 5.13 Å². The molecular weight excluding hydrogens is 445 g/mol. The number of rotatable bonds is 9. The van der Waals surface area contributed by atoms with Crippen LogP contribution >= 0.6 is 34.5 Å². The lowest BCUT2D eigenvalue weighted by molar-refractivity contribution is -0.131. The van der Waals surface area contributed by atoms with E-state index in [4.69, 9.17) is 23.2 Å². The molecule has 1 fully saturated rings. The van der Waals surface area contributed by atoms with E-state index in [-0.39, 0.29) is 18.4 Å². The Morgan fingerprint density at radius 2 is 2.07 bits per heavy atom. The summed E-state index contributed by atoms with van der Waals surface area (Å²) in [6, 6.07) is 5.28. The first-order chi connectivity index (χ1) is 14.3. The number of nitrogens with zero attached hydrogens (tertiary/aromatic N) is 4. The zero-order valence-corrected chi connectivity index (χ0v) is 19.4. The summed E-state index contributed by atoms with van der Waals surface area (Å²) in [6.45, 7) is 3.16. The number of carbonyl (C=O) groups excluding carboxylic acids is 2. The largest absolute Gasteiger partial charge is 0.338 e. The topological polar surface area (TPSA) is 68.8 Å². The van der Waals surface area contributed by atoms with Gasteiger partial charge in [-0.3, -0.25) is 9.69 Å². The van der Waals surface area contributed by atoms with E-state index in [1.807, 2.05) is 30.4 Å². The molecule has 0 atom stereocenters. The van der Waals surface area contributed by atoms with Gasteiger partial charge < -0.3 is 15.1 Å². The standard InChI is InChI=1S/C20H25Cl2N5O2S/c1-25(2)7-3-8-26(12-14-4-5-16(21)17(22)10-14)18(28)11-15-13-30-20(24-15)27-9-6-23-19(27)29/h4-5,10,13H,3,6-9,11-12H2,1-2H3,(H,23,29). The number of thiazole rings is 1. The van der Waals surface area contributed by atoms with Gasteiger partial charge in [-0.05, 0) is 44.8 Å². The predicted molar refractivity (Wildman–Crippen MR) is 122 cm³/mol. The minimum Gasteiger partial charge on any atom is -0.338 e. The number of benzene rings is 1. The van der Waals surface area contributed by atoms with Crippen LogP contribution in [0.3, 0.4) is 0 Å². The molecule has 0 radical (unpaired) electrons. The van der Waals surface area contributed by atoms with E-state index >= 15 is 0 Å². The molecule has 162 valence electrons. The molecule has 0 spiro atoms. The number of carbonyl (C=O) groups is 2. The third-order valence-electron chi connectivity index (χ3n) is 4.70. The van der Waals surface area contributed by atoms with Crippen LogP contribution in [0.25, 0.3) is 0 Å². The summed E-state index contributed by atoms with van der Waals surface area (Å²) < 4.78 is 0. The Morgan fingerprint density at radius 1 is 1.27 bits per heavy atom. The SMILES string of the molecule is CN(C)CCCN(Cc1ccc(Cl)c(Cl)c1)C(=O)Cc1csc(N2CCNC2=O)n1. The maximum atomic E-state index is 13.1. The summed E-state index contributed by atoms with van der Waals surface area (Å²) in [4.78, 5) is 34.9. The second-order valence-corrected chi connectivity index (χ2v) is 9.05. The van der Waals surface area contributed by atoms with Gasteiger partial charge in [0.25, 0.3) is 0 Å². The second-order valence-electron chi connectivity index (χ2n) is 7.40. The van der Waals surface area contributed by atoms with Gasteiger partial charge >= 0.3 is 6.03 Å². The Kier molecular flexibility index (Phi) is 7.93. The Labute approximate surface area is 190 Å². The van der Waals surface area contributed by atoms with Crippen molar-refractivity contribution >= 4 is 51.6 Å². The number of hydrogen-bond acceptors (Lipinski definition) is 5. The average Bonchev–Trinajstić information content (AvgIpc) is 3.32. The highest BCUT2D eigenvalue weighted by atomic mass is 35.5. The third kappa shape index (κ3) is 6.07. The molecule has 1 N–H and O–H groups in total. The number of nitrogens with one attached hydrogen (secondary N) is 1. The molecule has 2 aromatic rings. The molecule has 1 aliphatic heterocycles. The van der Waals surface area contributed by atoms with Crippen LogP contribution in [0.5, 0.6) is 0 Å². The van der Waals surface area contributed by atoms with Gasteiger partial charge in [0.2, 0.25) is 5.91 Å². The first kappa shape index (κ1) is 22.8. The maximum absolute atomic E-state index is 13.1. The smallest absolute Gasteiger partial charge is 0.323 e. The molecule has 2 heterocycles. The maximum Gasteiger partial charge on any atom is 0.323 e. The van der Waals surface area contributed by atoms with Gasteiger partial charge in [0.1, 0.15) is 0 Å². The van der Waals surface area contributed by atoms with E-state index in [2.05, 4.69) is 15.2 Å². The number of halogens is 2. The van der Waals surface area contributed by atoms with E-state index in [9.17, 15) is 9.59 Å². The summed E-state index contributed by atoms with van der Waals surface area (Å²) >= 11 is 13.5. The molecule has 10 heteroatoms. The zero-order chi connectivity index (χ0) is 21.7. The number of hydrogen-bond donors (Lipinski definition) is 1. The van der Waals surface area contributed by atoms with Crippen LogP contribution in [0.2, 0.25) is 10.0 Å². The third-order valence-corrected chi connectivity index (χ3v) is 6.35. The van der Waals surface area contributed by atoms with E-state index < -0.39 is 0 Å². The Balaban J connectivity index is 1.68. The van der Waals surface area contributed by atoms with Crippen LogP contribution in [-0.2, 0) is 17.8 Å². The highest BCUT2D eigenvalue weighted by Gasteiger charge is 2.24. The van der Waals surface area contributed by atoms with E-state index in [1.54, 1.807) is 17.0 Å². The number of anilines is 1. The molecule has 1 aromatic carbocycles. The lowest BCUT2D eigenvalue weighted by Gasteiger charge is -2.24. The quantitative estimate of drug-likeness (QED) is 0.609. The first-order valence-corrected chi connectivity index (χ1v) is 11.3. The lowest BCUT2D eigenvalue weighted by Crippen LogP contribution is -2.34. The Bertz CT molecular complexity index is 905. The van der Waals surface area contributed by atoms with Crippen molar-refractivity contribution in [3.8, 4) is 0 Å². The van der Waals surface area contributed by atoms with E-state index in [1.165, 1.54) is 11.3 Å². The number of urea groups is 1. The first-order valence-electron chi connectivity index (χ1n) is 9.69. The van der Waals surface area contributed by atoms with Gasteiger partial charge in [-0.2, -0.15) is 0 Å². The molecule has 0 aliphatic carbocycles. The molecule has 0 bridgehead atoms. The van der Waals surface area contributed by atoms with Gasteiger partial charge in [-0.15, -0.1) is 11.3 Å². The van der Waals surface area contributed by atoms with Crippen molar-refractivity contribution in [1.29, 1.82) is 0 Å². The van der Waals surface area contributed by atoms with Crippen LogP contribution in [0, 0.1) is 0 Å². The number of amides is 3. The predicted octanol–water partition coefficient (Wildman–Crippen LogP) is 3.50. The normalized spacial score (nSPS) is 13.8. The van der Waals surface area contributed by atoms with Crippen molar-refractivity contribution in [3.63, 3.8) is 0 Å². The van der Waals surface area contributed by atoms with Crippen molar-refractivity contribution in [1.82, 2.24) is 20.1 Å². The molecule has 1 aliphatic rings. The lowest BCUT2D eigenvalue weighted by atomic mass is 10.2. The van der Waals surface area contributed by atoms with Crippen LogP contribution < -0.4 is 10.2 Å². The van der Waals surface area contributed by atoms with E-state index in [0.717, 1.165) is 18.5 Å². The van der Waals surface area contributed by atoms with Gasteiger partial charge in [-0.1, -0.05) is 29.3 Å². The van der Waals surface area contributed by atoms with E-state index in [0.29, 0.717) is 47.0 Å². The fraction of sp³-hybridized carbons (Fsp3) is 0.450. The van der Waals surface area contributed by atoms with Crippen molar-refractivity contribution in [2.24, 2.45) is 0 Å². The van der Waals surface area contributed by atoms with Gasteiger partial charge in [-0.25, -0.2) is 9.78 Å². The second kappa shape index (κ2) is 10.4. The summed E-state index contributed by atoms with van der Waals surface area (Å²) in [5.74, 6) is -0.0115. The zero-order valence-electron chi connectivity index (χ0n) is 17.0. The molecule has 7 nitrogen and oxygen atoms in total. The molecule has 0 unspecified atom stereocenters. The van der Waals surface area contributed by atoms with Crippen LogP contribution in [0.4, 0.5) is 9.93 Å². The fourth-order valence-corrected chi connectivity index (χ4v) is 4.32. The molecule has 1 saturated heterocycles. The van der Waals surface area contributed by atoms with Crippen molar-refractivity contribution in [2.45, 2.75) is 19.4 Å². The monoisotopic (exact) mass is 469 g/mol. The summed E-state index contributed by atoms with van der Waals surface area (Å²) in [5, 5.41) is 6.19. The summed E-state index contributed by atoms with van der Waals surface area (Å²) in [6.07, 6.45) is 1.05. The molecule has 30 heavy (non-hydrogen) atoms. The average molecular weight is 470 g/mol. The van der Waals surface area contributed by atoms with Crippen molar-refractivity contribution in [2.75, 3.05) is 45.2 Å². The van der Waals surface area contributed by atoms with Gasteiger partial charge in [0, 0.05) is 31.6 Å². The Hall–Kier alpha value is -1.87. The van der Waals surface area contributed by atoms with Crippen molar-refractivity contribution in [3.05, 3.63) is 44.9 Å². The molecule has 3 rings (SSSR count). The van der Waals surface area contributed by atoms with Gasteiger partial charge in [0.05, 0.1) is 22.2 Å². The molecule has 1 aromatic heterocycles. The highest BCUT2D eigenvalue weighted by molar-refractivity contribution is 7.14. The van der Waals surface area contributed by atoms with Crippen LogP contribution in [0.15, 0.2) is 23.6 Å². The summed E-state index contributed by atoms with van der Waals surface area (Å²) in [5.41, 5.74) is 1.60. The van der Waals surface area contributed by atoms with Crippen molar-refractivity contribution < 1.29 is 9.59 Å². The van der Waals surface area contributed by atoms with Crippen LogP contribution in [-0.4, -0.2) is 67.0 Å². The minimum atomic E-state index is -0.146. The summed E-state index contributed by atoms with van der Waals surface area (Å²) in [7, 11) is 4.02. The Morgan fingerprint density at radius 3 is 2.73 bits per heavy atom. The number of aromatic nitrogens is 1. The molecule has 3 amide bonds. The minimum absolute atomic E-state index is 0.0115. The molecular formula is C20H25Cl2N5O2S. The molecule has 0 saturated carbocycles. The highest BCUT2D eigenvalue weighted by Crippen LogP contribution is 2.25. The van der Waals surface area contributed by atoms with Crippen LogP contribution in [0.1, 0.15) is 17.7 Å².